The zero-order valence-corrected chi connectivity index (χ0v) is 16.4. The second-order valence-electron chi connectivity index (χ2n) is 6.94. The Kier molecular flexibility index (Phi) is 4.57. The third-order valence-corrected chi connectivity index (χ3v) is 6.50. The number of pyridine rings is 2. The Morgan fingerprint density at radius 2 is 1.97 bits per heavy atom. The number of hydrogen-bond donors (Lipinski definition) is 1. The normalized spacial score (nSPS) is 16.6. The summed E-state index contributed by atoms with van der Waals surface area (Å²) >= 11 is -1.11. The van der Waals surface area contributed by atoms with Crippen molar-refractivity contribution in [2.75, 3.05) is 17.2 Å². The number of aromatic nitrogens is 4. The Hall–Kier alpha value is -3.10. The van der Waals surface area contributed by atoms with Gasteiger partial charge in [-0.05, 0) is 34.9 Å². The summed E-state index contributed by atoms with van der Waals surface area (Å²) in [6.07, 6.45) is 2.46. The highest BCUT2D eigenvalue weighted by Crippen LogP contribution is 2.30. The lowest BCUT2D eigenvalue weighted by atomic mass is 10.2. The van der Waals surface area contributed by atoms with Crippen LogP contribution in [0, 0.1) is 0 Å². The largest absolute Gasteiger partial charge is 0.611 e. The van der Waals surface area contributed by atoms with Crippen molar-refractivity contribution in [2.24, 2.45) is 0 Å². The van der Waals surface area contributed by atoms with Crippen LogP contribution < -0.4 is 10.6 Å². The van der Waals surface area contributed by atoms with Crippen LogP contribution in [0.3, 0.4) is 0 Å². The van der Waals surface area contributed by atoms with Gasteiger partial charge in [-0.25, -0.2) is 19.3 Å². The SMILES string of the molecule is O=c1[nH]c2ncccc2n1-c1ccc2c(n1)N(Cc1ccccc1)CCC[S+]2[O-]. The molecule has 0 saturated heterocycles. The molecule has 8 heteroatoms. The molecule has 4 aromatic rings. The van der Waals surface area contributed by atoms with Crippen molar-refractivity contribution in [3.05, 3.63) is 76.8 Å². The first kappa shape index (κ1) is 18.0. The lowest BCUT2D eigenvalue weighted by Gasteiger charge is -2.23. The predicted octanol–water partition coefficient (Wildman–Crippen LogP) is 2.63. The molecule has 1 aliphatic heterocycles. The van der Waals surface area contributed by atoms with Gasteiger partial charge >= 0.3 is 5.69 Å². The van der Waals surface area contributed by atoms with Crippen LogP contribution in [0.4, 0.5) is 5.82 Å². The van der Waals surface area contributed by atoms with Crippen LogP contribution >= 0.6 is 0 Å². The zero-order valence-electron chi connectivity index (χ0n) is 15.6. The Bertz CT molecular complexity index is 1220. The first-order valence-electron chi connectivity index (χ1n) is 9.45. The summed E-state index contributed by atoms with van der Waals surface area (Å²) in [4.78, 5) is 27.2. The quantitative estimate of drug-likeness (QED) is 0.529. The lowest BCUT2D eigenvalue weighted by Crippen LogP contribution is -2.26. The maximum absolute atomic E-state index is 12.7. The van der Waals surface area contributed by atoms with Crippen LogP contribution in [0.1, 0.15) is 12.0 Å². The number of hydrogen-bond acceptors (Lipinski definition) is 5. The topological polar surface area (TPSA) is 89.9 Å². The fourth-order valence-corrected chi connectivity index (χ4v) is 4.89. The molecule has 3 aromatic heterocycles. The number of rotatable bonds is 3. The van der Waals surface area contributed by atoms with Crippen molar-refractivity contribution in [1.82, 2.24) is 19.5 Å². The van der Waals surface area contributed by atoms with Crippen molar-refractivity contribution in [3.63, 3.8) is 0 Å². The monoisotopic (exact) mass is 405 g/mol. The highest BCUT2D eigenvalue weighted by molar-refractivity contribution is 7.91. The number of H-pyrrole nitrogens is 1. The number of nitrogens with one attached hydrogen (secondary N) is 1. The molecule has 4 heterocycles. The molecule has 0 aliphatic carbocycles. The lowest BCUT2D eigenvalue weighted by molar-refractivity contribution is 0.594. The maximum Gasteiger partial charge on any atom is 0.333 e. The van der Waals surface area contributed by atoms with Gasteiger partial charge in [-0.15, -0.1) is 0 Å². The Balaban J connectivity index is 1.63. The van der Waals surface area contributed by atoms with E-state index in [0.717, 1.165) is 18.5 Å². The van der Waals surface area contributed by atoms with Crippen molar-refractivity contribution < 1.29 is 4.55 Å². The maximum atomic E-state index is 12.7. The summed E-state index contributed by atoms with van der Waals surface area (Å²) < 4.78 is 14.3. The van der Waals surface area contributed by atoms with Crippen molar-refractivity contribution in [1.29, 1.82) is 0 Å². The molecule has 0 amide bonds. The first-order valence-corrected chi connectivity index (χ1v) is 10.8. The van der Waals surface area contributed by atoms with E-state index < -0.39 is 11.2 Å². The molecule has 0 radical (unpaired) electrons. The molecule has 0 bridgehead atoms. The summed E-state index contributed by atoms with van der Waals surface area (Å²) in [5.74, 6) is 1.77. The predicted molar refractivity (Wildman–Crippen MR) is 113 cm³/mol. The molecule has 5 rings (SSSR count). The Morgan fingerprint density at radius 1 is 1.10 bits per heavy atom. The van der Waals surface area contributed by atoms with Gasteiger partial charge in [0.05, 0.1) is 5.52 Å². The van der Waals surface area contributed by atoms with Gasteiger partial charge < -0.3 is 9.45 Å². The van der Waals surface area contributed by atoms with Crippen LogP contribution in [0.15, 0.2) is 70.5 Å². The van der Waals surface area contributed by atoms with E-state index in [9.17, 15) is 9.35 Å². The van der Waals surface area contributed by atoms with Gasteiger partial charge in [0.1, 0.15) is 11.6 Å². The second-order valence-corrected chi connectivity index (χ2v) is 8.48. The van der Waals surface area contributed by atoms with Crippen molar-refractivity contribution in [3.8, 4) is 5.82 Å². The average Bonchev–Trinajstić information content (AvgIpc) is 3.00. The standard InChI is InChI=1S/C21H19N5O2S/c27-21-24-19-16(8-4-11-22-19)26(21)18-10-9-17-20(23-18)25(12-5-13-29(17)28)14-15-6-2-1-3-7-15/h1-4,6-11H,5,12-14H2,(H,22,24,27). The minimum atomic E-state index is -1.11. The molecule has 7 nitrogen and oxygen atoms in total. The van der Waals surface area contributed by atoms with E-state index in [4.69, 9.17) is 4.98 Å². The van der Waals surface area contributed by atoms with Crippen LogP contribution in [0.5, 0.6) is 0 Å². The molecule has 1 N–H and O–H groups in total. The van der Waals surface area contributed by atoms with Crippen LogP contribution in [-0.2, 0) is 17.7 Å². The highest BCUT2D eigenvalue weighted by Gasteiger charge is 2.27. The zero-order chi connectivity index (χ0) is 19.8. The second kappa shape index (κ2) is 7.38. The Labute approximate surface area is 170 Å². The average molecular weight is 405 g/mol. The molecule has 0 saturated carbocycles. The summed E-state index contributed by atoms with van der Waals surface area (Å²) in [6, 6.07) is 17.3. The third kappa shape index (κ3) is 3.30. The molecular formula is C21H19N5O2S. The van der Waals surface area contributed by atoms with Crippen LogP contribution in [0.2, 0.25) is 0 Å². The van der Waals surface area contributed by atoms with E-state index in [2.05, 4.69) is 27.0 Å². The fourth-order valence-electron chi connectivity index (χ4n) is 3.68. The molecule has 1 aromatic carbocycles. The number of benzene rings is 1. The van der Waals surface area contributed by atoms with Crippen molar-refractivity contribution >= 4 is 28.2 Å². The number of imidazole rings is 1. The van der Waals surface area contributed by atoms with Gasteiger partial charge in [-0.1, -0.05) is 30.3 Å². The number of anilines is 1. The van der Waals surface area contributed by atoms with Gasteiger partial charge in [0.2, 0.25) is 0 Å². The van der Waals surface area contributed by atoms with Gasteiger partial charge in [-0.2, -0.15) is 0 Å². The minimum Gasteiger partial charge on any atom is -0.611 e. The van der Waals surface area contributed by atoms with E-state index in [1.54, 1.807) is 18.3 Å². The molecule has 1 aliphatic rings. The summed E-state index contributed by atoms with van der Waals surface area (Å²) in [7, 11) is 0. The van der Waals surface area contributed by atoms with Crippen LogP contribution in [0.25, 0.3) is 17.0 Å². The molecule has 146 valence electrons. The summed E-state index contributed by atoms with van der Waals surface area (Å²) in [5, 5.41) is 0. The van der Waals surface area contributed by atoms with Gasteiger partial charge in [0, 0.05) is 31.8 Å². The van der Waals surface area contributed by atoms with Gasteiger partial charge in [0.25, 0.3) is 0 Å². The molecular weight excluding hydrogens is 386 g/mol. The van der Waals surface area contributed by atoms with E-state index in [-0.39, 0.29) is 5.69 Å². The molecule has 0 spiro atoms. The highest BCUT2D eigenvalue weighted by atomic mass is 32.2. The molecule has 1 atom stereocenters. The third-order valence-electron chi connectivity index (χ3n) is 5.03. The molecule has 1 unspecified atom stereocenters. The smallest absolute Gasteiger partial charge is 0.333 e. The molecule has 0 fully saturated rings. The number of aromatic amines is 1. The van der Waals surface area contributed by atoms with E-state index in [0.29, 0.717) is 40.0 Å². The Morgan fingerprint density at radius 3 is 2.83 bits per heavy atom. The van der Waals surface area contributed by atoms with E-state index in [1.807, 2.05) is 30.3 Å². The molecule has 29 heavy (non-hydrogen) atoms. The van der Waals surface area contributed by atoms with E-state index in [1.165, 1.54) is 4.57 Å². The summed E-state index contributed by atoms with van der Waals surface area (Å²) in [5.41, 5.74) is 2.04. The van der Waals surface area contributed by atoms with E-state index >= 15 is 0 Å². The summed E-state index contributed by atoms with van der Waals surface area (Å²) in [6.45, 7) is 1.43. The first-order chi connectivity index (χ1) is 14.2. The fraction of sp³-hybridized carbons (Fsp3) is 0.190. The van der Waals surface area contributed by atoms with Gasteiger partial charge in [-0.3, -0.25) is 4.98 Å². The van der Waals surface area contributed by atoms with Crippen molar-refractivity contribution in [2.45, 2.75) is 17.9 Å². The number of fused-ring (bicyclic) bond motifs is 2. The minimum absolute atomic E-state index is 0.296. The number of nitrogens with zero attached hydrogens (tertiary/aromatic N) is 4. The van der Waals surface area contributed by atoms with Gasteiger partial charge in [0.15, 0.2) is 16.4 Å². The van der Waals surface area contributed by atoms with Crippen LogP contribution in [-0.4, -0.2) is 36.4 Å².